The number of benzene rings is 1. The first kappa shape index (κ1) is 12.4. The Labute approximate surface area is 106 Å². The average Bonchev–Trinajstić information content (AvgIpc) is 2.29. The summed E-state index contributed by atoms with van der Waals surface area (Å²) in [5.74, 6) is -0.0179. The first-order valence-electron chi connectivity index (χ1n) is 5.81. The number of nitrogens with zero attached hydrogens (tertiary/aromatic N) is 1. The number of Topliss-reactive ketones (excluding diaryl/α,β-unsaturated/α-hetero) is 1. The molecule has 0 aliphatic carbocycles. The van der Waals surface area contributed by atoms with Gasteiger partial charge in [0.25, 0.3) is 0 Å². The van der Waals surface area contributed by atoms with Crippen LogP contribution in [0.4, 0.5) is 5.69 Å². The fourth-order valence-corrected chi connectivity index (χ4v) is 2.42. The van der Waals surface area contributed by atoms with Crippen LogP contribution in [0.2, 0.25) is 5.02 Å². The minimum absolute atomic E-state index is 0.0179. The molecule has 0 aromatic heterocycles. The summed E-state index contributed by atoms with van der Waals surface area (Å²) in [6.45, 7) is 3.17. The third-order valence-corrected chi connectivity index (χ3v) is 3.47. The monoisotopic (exact) mass is 253 g/mol. The van der Waals surface area contributed by atoms with Gasteiger partial charge < -0.3 is 10.0 Å². The van der Waals surface area contributed by atoms with Crippen LogP contribution in [-0.2, 0) is 0 Å². The number of hydrogen-bond acceptors (Lipinski definition) is 3. The lowest BCUT2D eigenvalue weighted by atomic mass is 10.1. The van der Waals surface area contributed by atoms with E-state index in [0.29, 0.717) is 10.6 Å². The van der Waals surface area contributed by atoms with Crippen LogP contribution in [0.25, 0.3) is 0 Å². The summed E-state index contributed by atoms with van der Waals surface area (Å²) in [6.07, 6.45) is 1.39. The van der Waals surface area contributed by atoms with E-state index in [1.165, 1.54) is 6.92 Å². The zero-order valence-electron chi connectivity index (χ0n) is 9.82. The largest absolute Gasteiger partial charge is 0.393 e. The van der Waals surface area contributed by atoms with Gasteiger partial charge in [-0.25, -0.2) is 0 Å². The van der Waals surface area contributed by atoms with Crippen molar-refractivity contribution in [1.82, 2.24) is 0 Å². The standard InChI is InChI=1S/C13H16ClNO2/c1-9(16)12-3-2-10(8-13(12)14)15-6-4-11(17)5-7-15/h2-3,8,11,17H,4-7H2,1H3. The van der Waals surface area contributed by atoms with E-state index in [1.54, 1.807) is 6.07 Å². The van der Waals surface area contributed by atoms with Gasteiger partial charge in [0.05, 0.1) is 11.1 Å². The number of aliphatic hydroxyl groups excluding tert-OH is 1. The van der Waals surface area contributed by atoms with E-state index in [4.69, 9.17) is 11.6 Å². The molecule has 3 nitrogen and oxygen atoms in total. The summed E-state index contributed by atoms with van der Waals surface area (Å²) in [4.78, 5) is 13.4. The number of hydrogen-bond donors (Lipinski definition) is 1. The number of carbonyl (C=O) groups is 1. The predicted octanol–water partition coefficient (Wildman–Crippen LogP) is 2.50. The number of ketones is 1. The molecule has 1 heterocycles. The molecule has 1 aromatic carbocycles. The van der Waals surface area contributed by atoms with Crippen LogP contribution >= 0.6 is 11.6 Å². The molecule has 0 bridgehead atoms. The van der Waals surface area contributed by atoms with Crippen molar-refractivity contribution >= 4 is 23.1 Å². The molecule has 1 aliphatic heterocycles. The van der Waals surface area contributed by atoms with Crippen molar-refractivity contribution in [3.63, 3.8) is 0 Å². The first-order chi connectivity index (χ1) is 8.08. The molecule has 4 heteroatoms. The number of rotatable bonds is 2. The third-order valence-electron chi connectivity index (χ3n) is 3.16. The van der Waals surface area contributed by atoms with Crippen molar-refractivity contribution in [3.8, 4) is 0 Å². The molecule has 0 saturated carbocycles. The predicted molar refractivity (Wildman–Crippen MR) is 68.9 cm³/mol. The van der Waals surface area contributed by atoms with Gasteiger partial charge in [-0.15, -0.1) is 0 Å². The summed E-state index contributed by atoms with van der Waals surface area (Å²) in [7, 11) is 0. The molecule has 0 unspecified atom stereocenters. The first-order valence-corrected chi connectivity index (χ1v) is 6.19. The van der Waals surface area contributed by atoms with Gasteiger partial charge in [-0.2, -0.15) is 0 Å². The maximum absolute atomic E-state index is 11.3. The summed E-state index contributed by atoms with van der Waals surface area (Å²) in [5.41, 5.74) is 1.58. The number of halogens is 1. The van der Waals surface area contributed by atoms with Crippen molar-refractivity contribution in [2.75, 3.05) is 18.0 Å². The van der Waals surface area contributed by atoms with Crippen LogP contribution in [0.15, 0.2) is 18.2 Å². The highest BCUT2D eigenvalue weighted by Gasteiger charge is 2.18. The second-order valence-electron chi connectivity index (χ2n) is 4.44. The second kappa shape index (κ2) is 5.07. The van der Waals surface area contributed by atoms with Crippen LogP contribution in [0, 0.1) is 0 Å². The lowest BCUT2D eigenvalue weighted by Gasteiger charge is -2.31. The lowest BCUT2D eigenvalue weighted by molar-refractivity contribution is 0.101. The Morgan fingerprint density at radius 1 is 1.41 bits per heavy atom. The number of carbonyl (C=O) groups excluding carboxylic acids is 1. The third kappa shape index (κ3) is 2.79. The Bertz CT molecular complexity index is 425. The molecule has 0 spiro atoms. The Balaban J connectivity index is 2.17. The van der Waals surface area contributed by atoms with Gasteiger partial charge >= 0.3 is 0 Å². The highest BCUT2D eigenvalue weighted by Crippen LogP contribution is 2.26. The quantitative estimate of drug-likeness (QED) is 0.824. The number of piperidine rings is 1. The highest BCUT2D eigenvalue weighted by atomic mass is 35.5. The Morgan fingerprint density at radius 2 is 2.06 bits per heavy atom. The number of anilines is 1. The Hall–Kier alpha value is -1.06. The topological polar surface area (TPSA) is 40.5 Å². The van der Waals surface area contributed by atoms with Gasteiger partial charge in [0.2, 0.25) is 0 Å². The molecule has 17 heavy (non-hydrogen) atoms. The zero-order chi connectivity index (χ0) is 12.4. The van der Waals surface area contributed by atoms with Crippen molar-refractivity contribution < 1.29 is 9.90 Å². The summed E-state index contributed by atoms with van der Waals surface area (Å²) in [5, 5.41) is 9.95. The molecule has 0 atom stereocenters. The van der Waals surface area contributed by atoms with Crippen LogP contribution in [0.3, 0.4) is 0 Å². The fourth-order valence-electron chi connectivity index (χ4n) is 2.11. The molecule has 2 rings (SSSR count). The highest BCUT2D eigenvalue weighted by molar-refractivity contribution is 6.34. The van der Waals surface area contributed by atoms with Crippen LogP contribution in [0.5, 0.6) is 0 Å². The van der Waals surface area contributed by atoms with Gasteiger partial charge in [0, 0.05) is 24.3 Å². The number of aliphatic hydroxyl groups is 1. The van der Waals surface area contributed by atoms with E-state index in [1.807, 2.05) is 12.1 Å². The van der Waals surface area contributed by atoms with E-state index in [9.17, 15) is 9.90 Å². The fraction of sp³-hybridized carbons (Fsp3) is 0.462. The van der Waals surface area contributed by atoms with Gasteiger partial charge in [-0.1, -0.05) is 11.6 Å². The van der Waals surface area contributed by atoms with Gasteiger partial charge in [-0.05, 0) is 38.0 Å². The van der Waals surface area contributed by atoms with Crippen molar-refractivity contribution in [3.05, 3.63) is 28.8 Å². The molecule has 0 radical (unpaired) electrons. The van der Waals surface area contributed by atoms with E-state index < -0.39 is 0 Å². The smallest absolute Gasteiger partial charge is 0.161 e. The van der Waals surface area contributed by atoms with E-state index in [2.05, 4.69) is 4.90 Å². The normalized spacial score (nSPS) is 17.2. The van der Waals surface area contributed by atoms with Crippen LogP contribution < -0.4 is 4.90 Å². The van der Waals surface area contributed by atoms with Crippen molar-refractivity contribution in [1.29, 1.82) is 0 Å². The van der Waals surface area contributed by atoms with Crippen molar-refractivity contribution in [2.24, 2.45) is 0 Å². The van der Waals surface area contributed by atoms with Gasteiger partial charge in [0.1, 0.15) is 0 Å². The van der Waals surface area contributed by atoms with Crippen LogP contribution in [-0.4, -0.2) is 30.1 Å². The van der Waals surface area contributed by atoms with Gasteiger partial charge in [-0.3, -0.25) is 4.79 Å². The van der Waals surface area contributed by atoms with E-state index in [0.717, 1.165) is 31.6 Å². The molecular weight excluding hydrogens is 238 g/mol. The summed E-state index contributed by atoms with van der Waals surface area (Å²) in [6, 6.07) is 5.52. The minimum Gasteiger partial charge on any atom is -0.393 e. The molecule has 1 aromatic rings. The maximum Gasteiger partial charge on any atom is 0.161 e. The summed E-state index contributed by atoms with van der Waals surface area (Å²) < 4.78 is 0. The molecule has 92 valence electrons. The molecule has 1 aliphatic rings. The maximum atomic E-state index is 11.3. The van der Waals surface area contributed by atoms with Crippen LogP contribution in [0.1, 0.15) is 30.1 Å². The molecule has 0 amide bonds. The molecule has 1 fully saturated rings. The summed E-state index contributed by atoms with van der Waals surface area (Å²) >= 11 is 6.08. The molecule has 1 N–H and O–H groups in total. The Kier molecular flexibility index (Phi) is 3.69. The van der Waals surface area contributed by atoms with E-state index in [-0.39, 0.29) is 11.9 Å². The van der Waals surface area contributed by atoms with E-state index >= 15 is 0 Å². The van der Waals surface area contributed by atoms with Crippen molar-refractivity contribution in [2.45, 2.75) is 25.9 Å². The zero-order valence-corrected chi connectivity index (χ0v) is 10.6. The average molecular weight is 254 g/mol. The molecule has 1 saturated heterocycles. The second-order valence-corrected chi connectivity index (χ2v) is 4.85. The lowest BCUT2D eigenvalue weighted by Crippen LogP contribution is -2.35. The Morgan fingerprint density at radius 3 is 2.59 bits per heavy atom. The SMILES string of the molecule is CC(=O)c1ccc(N2CCC(O)CC2)cc1Cl. The van der Waals surface area contributed by atoms with Gasteiger partial charge in [0.15, 0.2) is 5.78 Å². The minimum atomic E-state index is -0.182. The molecular formula is C13H16ClNO2.